The Morgan fingerprint density at radius 3 is 2.53 bits per heavy atom. The Morgan fingerprint density at radius 2 is 2.13 bits per heavy atom. The van der Waals surface area contributed by atoms with E-state index in [2.05, 4.69) is 5.32 Å². The minimum atomic E-state index is -0.876. The molecule has 5 nitrogen and oxygen atoms in total. The van der Waals surface area contributed by atoms with Crippen molar-refractivity contribution < 1.29 is 14.7 Å². The molecule has 1 aliphatic carbocycles. The second-order valence-electron chi connectivity index (χ2n) is 4.02. The molecule has 0 aromatic heterocycles. The van der Waals surface area contributed by atoms with Crippen LogP contribution in [0.1, 0.15) is 26.2 Å². The summed E-state index contributed by atoms with van der Waals surface area (Å²) in [6.07, 6.45) is 2.60. The normalized spacial score (nSPS) is 17.5. The van der Waals surface area contributed by atoms with Crippen molar-refractivity contribution in [3.63, 3.8) is 0 Å². The number of rotatable bonds is 6. The lowest BCUT2D eigenvalue weighted by molar-refractivity contribution is -0.143. The summed E-state index contributed by atoms with van der Waals surface area (Å²) >= 11 is 0. The van der Waals surface area contributed by atoms with Crippen LogP contribution in [0.5, 0.6) is 0 Å². The van der Waals surface area contributed by atoms with Crippen molar-refractivity contribution in [1.29, 1.82) is 0 Å². The Morgan fingerprint density at radius 1 is 1.53 bits per heavy atom. The van der Waals surface area contributed by atoms with Crippen molar-refractivity contribution >= 4 is 11.9 Å². The molecular formula is C10H18N2O3. The van der Waals surface area contributed by atoms with Crippen LogP contribution >= 0.6 is 0 Å². The van der Waals surface area contributed by atoms with Crippen molar-refractivity contribution in [3.05, 3.63) is 0 Å². The van der Waals surface area contributed by atoms with E-state index in [1.54, 1.807) is 18.9 Å². The molecule has 1 rings (SSSR count). The number of amides is 1. The summed E-state index contributed by atoms with van der Waals surface area (Å²) in [5.41, 5.74) is 0. The van der Waals surface area contributed by atoms with Gasteiger partial charge in [0.1, 0.15) is 6.04 Å². The Bertz CT molecular complexity index is 251. The predicted octanol–water partition coefficient (Wildman–Crippen LogP) is 0.0600. The smallest absolute Gasteiger partial charge is 0.320 e. The van der Waals surface area contributed by atoms with E-state index in [1.165, 1.54) is 0 Å². The van der Waals surface area contributed by atoms with Crippen LogP contribution in [0.2, 0.25) is 0 Å². The first-order chi connectivity index (χ1) is 7.04. The number of hydrogen-bond donors (Lipinski definition) is 2. The molecule has 0 bridgehead atoms. The summed E-state index contributed by atoms with van der Waals surface area (Å²) in [5, 5.41) is 11.7. The Balaban J connectivity index is 2.34. The number of carbonyl (C=O) groups is 2. The molecule has 0 saturated heterocycles. The summed E-state index contributed by atoms with van der Waals surface area (Å²) in [6, 6.07) is -0.245. The van der Waals surface area contributed by atoms with Crippen molar-refractivity contribution in [2.75, 3.05) is 13.6 Å². The maximum Gasteiger partial charge on any atom is 0.320 e. The van der Waals surface area contributed by atoms with E-state index in [4.69, 9.17) is 5.11 Å². The fraction of sp³-hybridized carbons (Fsp3) is 0.800. The molecule has 1 saturated carbocycles. The summed E-state index contributed by atoms with van der Waals surface area (Å²) in [4.78, 5) is 23.8. The molecule has 0 heterocycles. The average molecular weight is 214 g/mol. The summed E-state index contributed by atoms with van der Waals surface area (Å²) in [5.74, 6) is -0.959. The molecule has 1 atom stereocenters. The number of carboxylic acids is 1. The zero-order valence-electron chi connectivity index (χ0n) is 9.19. The number of carboxylic acid groups (broad SMARTS) is 1. The van der Waals surface area contributed by atoms with Crippen molar-refractivity contribution in [3.8, 4) is 0 Å². The van der Waals surface area contributed by atoms with Gasteiger partial charge in [0.25, 0.3) is 0 Å². The van der Waals surface area contributed by atoms with Gasteiger partial charge in [-0.1, -0.05) is 6.92 Å². The zero-order chi connectivity index (χ0) is 11.4. The van der Waals surface area contributed by atoms with Gasteiger partial charge in [0.2, 0.25) is 5.91 Å². The van der Waals surface area contributed by atoms with E-state index in [0.29, 0.717) is 12.5 Å². The quantitative estimate of drug-likeness (QED) is 0.656. The molecule has 1 amide bonds. The average Bonchev–Trinajstić information content (AvgIpc) is 2.87. The second-order valence-corrected chi connectivity index (χ2v) is 4.02. The SMILES string of the molecule is CCC(C(=O)O)N(C)CC(=O)NC1CC1. The summed E-state index contributed by atoms with van der Waals surface area (Å²) in [7, 11) is 1.66. The molecule has 0 radical (unpaired) electrons. The summed E-state index contributed by atoms with van der Waals surface area (Å²) < 4.78 is 0. The Hall–Kier alpha value is -1.10. The first-order valence-corrected chi connectivity index (χ1v) is 5.27. The molecule has 86 valence electrons. The fourth-order valence-corrected chi connectivity index (χ4v) is 1.51. The van der Waals surface area contributed by atoms with Crippen LogP contribution in [-0.2, 0) is 9.59 Å². The lowest BCUT2D eigenvalue weighted by Gasteiger charge is -2.22. The lowest BCUT2D eigenvalue weighted by Crippen LogP contribution is -2.44. The number of likely N-dealkylation sites (N-methyl/N-ethyl adjacent to an activating group) is 1. The van der Waals surface area contributed by atoms with Crippen LogP contribution in [0.25, 0.3) is 0 Å². The van der Waals surface area contributed by atoms with Gasteiger partial charge >= 0.3 is 5.97 Å². The molecule has 5 heteroatoms. The predicted molar refractivity (Wildman–Crippen MR) is 55.5 cm³/mol. The van der Waals surface area contributed by atoms with Gasteiger partial charge < -0.3 is 10.4 Å². The van der Waals surface area contributed by atoms with Crippen LogP contribution in [0.15, 0.2) is 0 Å². The largest absolute Gasteiger partial charge is 0.480 e. The number of nitrogens with one attached hydrogen (secondary N) is 1. The van der Waals surface area contributed by atoms with Gasteiger partial charge in [-0.3, -0.25) is 14.5 Å². The van der Waals surface area contributed by atoms with Crippen molar-refractivity contribution in [1.82, 2.24) is 10.2 Å². The van der Waals surface area contributed by atoms with E-state index in [9.17, 15) is 9.59 Å². The standard InChI is InChI=1S/C10H18N2O3/c1-3-8(10(14)15)12(2)6-9(13)11-7-4-5-7/h7-8H,3-6H2,1-2H3,(H,11,13)(H,14,15). The van der Waals surface area contributed by atoms with Gasteiger partial charge in [0, 0.05) is 6.04 Å². The molecule has 0 aromatic rings. The fourth-order valence-electron chi connectivity index (χ4n) is 1.51. The number of carbonyl (C=O) groups excluding carboxylic acids is 1. The monoisotopic (exact) mass is 214 g/mol. The van der Waals surface area contributed by atoms with Gasteiger partial charge in [0.15, 0.2) is 0 Å². The van der Waals surface area contributed by atoms with Crippen LogP contribution < -0.4 is 5.32 Å². The molecule has 1 aliphatic rings. The minimum Gasteiger partial charge on any atom is -0.480 e. The minimum absolute atomic E-state index is 0.0836. The third kappa shape index (κ3) is 3.87. The lowest BCUT2D eigenvalue weighted by atomic mass is 10.2. The molecule has 1 unspecified atom stereocenters. The zero-order valence-corrected chi connectivity index (χ0v) is 9.19. The molecule has 15 heavy (non-hydrogen) atoms. The third-order valence-electron chi connectivity index (χ3n) is 2.54. The van der Waals surface area contributed by atoms with E-state index < -0.39 is 12.0 Å². The van der Waals surface area contributed by atoms with E-state index in [-0.39, 0.29) is 12.5 Å². The first-order valence-electron chi connectivity index (χ1n) is 5.27. The van der Waals surface area contributed by atoms with Gasteiger partial charge in [-0.05, 0) is 26.3 Å². The van der Waals surface area contributed by atoms with Gasteiger partial charge in [-0.2, -0.15) is 0 Å². The highest BCUT2D eigenvalue weighted by Crippen LogP contribution is 2.18. The second kappa shape index (κ2) is 5.11. The molecule has 0 aromatic carbocycles. The van der Waals surface area contributed by atoms with Crippen LogP contribution in [0, 0.1) is 0 Å². The first kappa shape index (κ1) is 12.0. The maximum atomic E-state index is 11.4. The molecule has 2 N–H and O–H groups in total. The molecular weight excluding hydrogens is 196 g/mol. The summed E-state index contributed by atoms with van der Waals surface area (Å²) in [6.45, 7) is 1.95. The Labute approximate surface area is 89.4 Å². The third-order valence-corrected chi connectivity index (χ3v) is 2.54. The van der Waals surface area contributed by atoms with Crippen LogP contribution in [0.4, 0.5) is 0 Å². The van der Waals surface area contributed by atoms with Crippen LogP contribution in [-0.4, -0.2) is 47.6 Å². The number of hydrogen-bond acceptors (Lipinski definition) is 3. The van der Waals surface area contributed by atoms with Crippen molar-refractivity contribution in [2.45, 2.75) is 38.3 Å². The molecule has 0 spiro atoms. The topological polar surface area (TPSA) is 69.6 Å². The molecule has 0 aliphatic heterocycles. The van der Waals surface area contributed by atoms with E-state index >= 15 is 0 Å². The van der Waals surface area contributed by atoms with Crippen molar-refractivity contribution in [2.24, 2.45) is 0 Å². The van der Waals surface area contributed by atoms with Gasteiger partial charge in [-0.25, -0.2) is 0 Å². The van der Waals surface area contributed by atoms with Crippen LogP contribution in [0.3, 0.4) is 0 Å². The van der Waals surface area contributed by atoms with Gasteiger partial charge in [-0.15, -0.1) is 0 Å². The van der Waals surface area contributed by atoms with E-state index in [1.807, 2.05) is 0 Å². The highest BCUT2D eigenvalue weighted by Gasteiger charge is 2.26. The molecule has 1 fully saturated rings. The van der Waals surface area contributed by atoms with Gasteiger partial charge in [0.05, 0.1) is 6.54 Å². The number of nitrogens with zero attached hydrogens (tertiary/aromatic N) is 1. The highest BCUT2D eigenvalue weighted by atomic mass is 16.4. The maximum absolute atomic E-state index is 11.4. The Kier molecular flexibility index (Phi) is 4.08. The highest BCUT2D eigenvalue weighted by molar-refractivity contribution is 5.80. The number of aliphatic carboxylic acids is 1. The van der Waals surface area contributed by atoms with E-state index in [0.717, 1.165) is 12.8 Å².